The highest BCUT2D eigenvalue weighted by Crippen LogP contribution is 2.25. The number of hydrogen-bond donors (Lipinski definition) is 1. The normalized spacial score (nSPS) is 12.5. The zero-order valence-corrected chi connectivity index (χ0v) is 13.0. The Bertz CT molecular complexity index is 585. The summed E-state index contributed by atoms with van der Waals surface area (Å²) >= 11 is 6.28. The van der Waals surface area contributed by atoms with E-state index in [0.29, 0.717) is 6.42 Å². The van der Waals surface area contributed by atoms with Crippen LogP contribution in [0.15, 0.2) is 45.3 Å². The van der Waals surface area contributed by atoms with Crippen molar-refractivity contribution in [3.8, 4) is 0 Å². The summed E-state index contributed by atoms with van der Waals surface area (Å²) in [6, 6.07) is 9.24. The Kier molecular flexibility index (Phi) is 4.71. The van der Waals surface area contributed by atoms with Crippen molar-refractivity contribution in [1.29, 1.82) is 0 Å². The Balaban J connectivity index is 2.22. The molecule has 2 rings (SSSR count). The molecule has 2 aromatic carbocycles. The fourth-order valence-corrected chi connectivity index (χ4v) is 2.39. The molecule has 0 heterocycles. The highest BCUT2D eigenvalue weighted by molar-refractivity contribution is 9.10. The van der Waals surface area contributed by atoms with Crippen molar-refractivity contribution in [2.75, 3.05) is 0 Å². The molecule has 1 unspecified atom stereocenters. The van der Waals surface area contributed by atoms with E-state index in [1.54, 1.807) is 0 Å². The largest absolute Gasteiger partial charge is 0.324 e. The van der Waals surface area contributed by atoms with E-state index in [1.165, 1.54) is 0 Å². The van der Waals surface area contributed by atoms with Crippen LogP contribution in [0, 0.1) is 11.6 Å². The molecule has 0 aliphatic rings. The van der Waals surface area contributed by atoms with Gasteiger partial charge in [-0.25, -0.2) is 8.78 Å². The van der Waals surface area contributed by atoms with Crippen molar-refractivity contribution >= 4 is 31.9 Å². The smallest absolute Gasteiger partial charge is 0.137 e. The van der Waals surface area contributed by atoms with Crippen LogP contribution in [0.2, 0.25) is 0 Å². The molecule has 0 bridgehead atoms. The first kappa shape index (κ1) is 14.6. The number of rotatable bonds is 3. The Morgan fingerprint density at radius 1 is 1.00 bits per heavy atom. The van der Waals surface area contributed by atoms with Gasteiger partial charge in [-0.15, -0.1) is 0 Å². The topological polar surface area (TPSA) is 26.0 Å². The van der Waals surface area contributed by atoms with Crippen LogP contribution in [-0.4, -0.2) is 0 Å². The van der Waals surface area contributed by atoms with E-state index >= 15 is 0 Å². The highest BCUT2D eigenvalue weighted by atomic mass is 79.9. The molecule has 0 aliphatic heterocycles. The van der Waals surface area contributed by atoms with Gasteiger partial charge >= 0.3 is 0 Å². The lowest BCUT2D eigenvalue weighted by Gasteiger charge is -2.14. The Labute approximate surface area is 127 Å². The molecule has 2 aromatic rings. The molecule has 0 saturated heterocycles. The molecule has 0 amide bonds. The van der Waals surface area contributed by atoms with Gasteiger partial charge in [0.2, 0.25) is 0 Å². The Hall–Kier alpha value is -0.780. The van der Waals surface area contributed by atoms with Gasteiger partial charge in [-0.1, -0.05) is 28.1 Å². The first-order valence-corrected chi connectivity index (χ1v) is 7.20. The molecule has 2 N–H and O–H groups in total. The molecule has 19 heavy (non-hydrogen) atoms. The number of hydrogen-bond acceptors (Lipinski definition) is 1. The Morgan fingerprint density at radius 3 is 2.26 bits per heavy atom. The van der Waals surface area contributed by atoms with Gasteiger partial charge in [0.1, 0.15) is 11.6 Å². The van der Waals surface area contributed by atoms with E-state index < -0.39 is 17.7 Å². The third-order valence-corrected chi connectivity index (χ3v) is 3.94. The lowest BCUT2D eigenvalue weighted by Crippen LogP contribution is -2.15. The van der Waals surface area contributed by atoms with Crippen molar-refractivity contribution in [3.05, 3.63) is 68.1 Å². The zero-order valence-electron chi connectivity index (χ0n) is 9.84. The summed E-state index contributed by atoms with van der Waals surface area (Å²) in [6.45, 7) is 0. The molecule has 100 valence electrons. The standard InChI is InChI=1S/C14H11Br2F2N/c15-9-3-1-8(2-4-9)5-14(19)10-6-13(18)11(16)7-12(10)17/h1-4,6-7,14H,5,19H2. The average molecular weight is 391 g/mol. The fourth-order valence-electron chi connectivity index (χ4n) is 1.81. The highest BCUT2D eigenvalue weighted by Gasteiger charge is 2.15. The van der Waals surface area contributed by atoms with E-state index in [0.717, 1.165) is 22.2 Å². The van der Waals surface area contributed by atoms with Gasteiger partial charge in [-0.05, 0) is 52.2 Å². The van der Waals surface area contributed by atoms with Crippen LogP contribution in [-0.2, 0) is 6.42 Å². The van der Waals surface area contributed by atoms with Crippen LogP contribution in [0.5, 0.6) is 0 Å². The first-order valence-electron chi connectivity index (χ1n) is 5.62. The van der Waals surface area contributed by atoms with Crippen molar-refractivity contribution in [2.45, 2.75) is 12.5 Å². The molecule has 0 spiro atoms. The van der Waals surface area contributed by atoms with E-state index in [9.17, 15) is 8.78 Å². The minimum atomic E-state index is -0.580. The number of benzene rings is 2. The van der Waals surface area contributed by atoms with Gasteiger partial charge in [-0.2, -0.15) is 0 Å². The van der Waals surface area contributed by atoms with Crippen LogP contribution >= 0.6 is 31.9 Å². The van der Waals surface area contributed by atoms with Gasteiger partial charge in [0.15, 0.2) is 0 Å². The maximum atomic E-state index is 13.8. The second kappa shape index (κ2) is 6.11. The third kappa shape index (κ3) is 3.61. The minimum Gasteiger partial charge on any atom is -0.324 e. The number of halogens is 4. The molecule has 0 radical (unpaired) electrons. The quantitative estimate of drug-likeness (QED) is 0.753. The van der Waals surface area contributed by atoms with Crippen molar-refractivity contribution in [2.24, 2.45) is 5.73 Å². The summed E-state index contributed by atoms with van der Waals surface area (Å²) in [5.41, 5.74) is 7.11. The van der Waals surface area contributed by atoms with Gasteiger partial charge in [0, 0.05) is 16.1 Å². The molecule has 1 nitrogen and oxygen atoms in total. The van der Waals surface area contributed by atoms with Crippen LogP contribution in [0.1, 0.15) is 17.2 Å². The van der Waals surface area contributed by atoms with E-state index in [-0.39, 0.29) is 10.0 Å². The molecule has 5 heteroatoms. The maximum absolute atomic E-state index is 13.8. The van der Waals surface area contributed by atoms with Crippen molar-refractivity contribution < 1.29 is 8.78 Å². The fraction of sp³-hybridized carbons (Fsp3) is 0.143. The lowest BCUT2D eigenvalue weighted by molar-refractivity contribution is 0.557. The molecular weight excluding hydrogens is 380 g/mol. The minimum absolute atomic E-state index is 0.101. The van der Waals surface area contributed by atoms with Crippen LogP contribution in [0.4, 0.5) is 8.78 Å². The molecule has 0 aromatic heterocycles. The summed E-state index contributed by atoms with van der Waals surface area (Å²) in [4.78, 5) is 0. The van der Waals surface area contributed by atoms with Crippen LogP contribution < -0.4 is 5.73 Å². The summed E-state index contributed by atoms with van der Waals surface area (Å²) in [7, 11) is 0. The number of nitrogens with two attached hydrogens (primary N) is 1. The first-order chi connectivity index (χ1) is 8.97. The van der Waals surface area contributed by atoms with Gasteiger partial charge in [-0.3, -0.25) is 0 Å². The summed E-state index contributed by atoms with van der Waals surface area (Å²) in [5.74, 6) is -1.01. The van der Waals surface area contributed by atoms with E-state index in [4.69, 9.17) is 5.73 Å². The third-order valence-electron chi connectivity index (χ3n) is 2.81. The monoisotopic (exact) mass is 389 g/mol. The molecule has 1 atom stereocenters. The van der Waals surface area contributed by atoms with Crippen molar-refractivity contribution in [3.63, 3.8) is 0 Å². The summed E-state index contributed by atoms with van der Waals surface area (Å²) in [6.07, 6.45) is 0.450. The van der Waals surface area contributed by atoms with Gasteiger partial charge in [0.25, 0.3) is 0 Å². The summed E-state index contributed by atoms with van der Waals surface area (Å²) in [5, 5.41) is 0. The molecule has 0 aliphatic carbocycles. The molecular formula is C14H11Br2F2N. The van der Waals surface area contributed by atoms with Gasteiger partial charge < -0.3 is 5.73 Å². The zero-order chi connectivity index (χ0) is 14.0. The second-order valence-electron chi connectivity index (χ2n) is 4.22. The Morgan fingerprint density at radius 2 is 1.63 bits per heavy atom. The summed E-state index contributed by atoms with van der Waals surface area (Å²) < 4.78 is 28.3. The second-order valence-corrected chi connectivity index (χ2v) is 5.99. The maximum Gasteiger partial charge on any atom is 0.137 e. The van der Waals surface area contributed by atoms with E-state index in [2.05, 4.69) is 31.9 Å². The SMILES string of the molecule is NC(Cc1ccc(Br)cc1)c1cc(F)c(Br)cc1F. The van der Waals surface area contributed by atoms with Crippen LogP contribution in [0.25, 0.3) is 0 Å². The predicted octanol–water partition coefficient (Wildman–Crippen LogP) is 4.73. The van der Waals surface area contributed by atoms with E-state index in [1.807, 2.05) is 24.3 Å². The lowest BCUT2D eigenvalue weighted by atomic mass is 9.99. The predicted molar refractivity (Wildman–Crippen MR) is 78.8 cm³/mol. The van der Waals surface area contributed by atoms with Crippen molar-refractivity contribution in [1.82, 2.24) is 0 Å². The van der Waals surface area contributed by atoms with Gasteiger partial charge in [0.05, 0.1) is 4.47 Å². The molecule has 0 saturated carbocycles. The van der Waals surface area contributed by atoms with Crippen LogP contribution in [0.3, 0.4) is 0 Å². The molecule has 0 fully saturated rings. The average Bonchev–Trinajstić information content (AvgIpc) is 2.36.